The Kier molecular flexibility index (Phi) is 8.70. The summed E-state index contributed by atoms with van der Waals surface area (Å²) in [6, 6.07) is 4.87. The van der Waals surface area contributed by atoms with Crippen molar-refractivity contribution >= 4 is 34.8 Å². The first-order valence-corrected chi connectivity index (χ1v) is 11.9. The summed E-state index contributed by atoms with van der Waals surface area (Å²) in [6.07, 6.45) is 5.80. The molecule has 5 nitrogen and oxygen atoms in total. The molecule has 1 atom stereocenters. The third-order valence-corrected chi connectivity index (χ3v) is 7.58. The van der Waals surface area contributed by atoms with Gasteiger partial charge in [-0.25, -0.2) is 0 Å². The predicted octanol–water partition coefficient (Wildman–Crippen LogP) is 4.52. The first-order chi connectivity index (χ1) is 14.4. The number of hydrogen-bond donors (Lipinski definition) is 1. The molecule has 7 heteroatoms. The lowest BCUT2D eigenvalue weighted by molar-refractivity contribution is -0.125. The molecule has 1 aliphatic heterocycles. The van der Waals surface area contributed by atoms with Crippen LogP contribution in [-0.4, -0.2) is 62.8 Å². The number of carbonyl (C=O) groups is 1. The molecule has 3 rings (SSSR count). The van der Waals surface area contributed by atoms with E-state index >= 15 is 0 Å². The van der Waals surface area contributed by atoms with Crippen molar-refractivity contribution < 1.29 is 9.53 Å². The van der Waals surface area contributed by atoms with Crippen LogP contribution in [0.4, 0.5) is 5.69 Å². The summed E-state index contributed by atoms with van der Waals surface area (Å²) in [7, 11) is 1.56. The minimum absolute atomic E-state index is 0.00257. The predicted molar refractivity (Wildman–Crippen MR) is 125 cm³/mol. The Morgan fingerprint density at radius 2 is 1.90 bits per heavy atom. The fourth-order valence-electron chi connectivity index (χ4n) is 4.81. The van der Waals surface area contributed by atoms with Crippen LogP contribution in [0.15, 0.2) is 12.1 Å². The molecule has 30 heavy (non-hydrogen) atoms. The fraction of sp³-hybridized carbons (Fsp3) is 0.696. The van der Waals surface area contributed by atoms with Gasteiger partial charge in [0.2, 0.25) is 5.91 Å². The number of anilines is 1. The molecule has 0 radical (unpaired) electrons. The summed E-state index contributed by atoms with van der Waals surface area (Å²) >= 11 is 12.9. The molecule has 1 unspecified atom stereocenters. The van der Waals surface area contributed by atoms with Crippen LogP contribution in [0.2, 0.25) is 10.0 Å². The van der Waals surface area contributed by atoms with Gasteiger partial charge in [0.25, 0.3) is 0 Å². The van der Waals surface area contributed by atoms with E-state index in [9.17, 15) is 4.79 Å². The Morgan fingerprint density at radius 3 is 2.57 bits per heavy atom. The van der Waals surface area contributed by atoms with E-state index in [1.807, 2.05) is 6.92 Å². The third-order valence-electron chi connectivity index (χ3n) is 6.62. The van der Waals surface area contributed by atoms with Gasteiger partial charge in [0, 0.05) is 38.8 Å². The number of amides is 1. The van der Waals surface area contributed by atoms with Gasteiger partial charge in [0.05, 0.1) is 15.7 Å². The average Bonchev–Trinajstić information content (AvgIpc) is 2.72. The zero-order valence-corrected chi connectivity index (χ0v) is 19.9. The molecule has 2 aliphatic rings. The molecule has 2 fully saturated rings. The molecule has 0 bridgehead atoms. The Bertz CT molecular complexity index is 723. The smallest absolute Gasteiger partial charge is 0.246 e. The SMILES string of the molecule is COCC(=O)NC1CCC(CCN2CCN(c3ccc(C)c(Cl)c3Cl)C(C)C2)CC1. The highest BCUT2D eigenvalue weighted by molar-refractivity contribution is 6.44. The third kappa shape index (κ3) is 6.03. The molecule has 0 aromatic heterocycles. The zero-order valence-electron chi connectivity index (χ0n) is 18.4. The van der Waals surface area contributed by atoms with Gasteiger partial charge < -0.3 is 15.0 Å². The number of halogens is 2. The van der Waals surface area contributed by atoms with Gasteiger partial charge in [0.15, 0.2) is 0 Å². The van der Waals surface area contributed by atoms with Gasteiger partial charge in [-0.05, 0) is 70.0 Å². The number of piperazine rings is 1. The van der Waals surface area contributed by atoms with Gasteiger partial charge in [0.1, 0.15) is 6.61 Å². The number of nitrogens with zero attached hydrogens (tertiary/aromatic N) is 2. The maximum Gasteiger partial charge on any atom is 0.246 e. The van der Waals surface area contributed by atoms with Crippen LogP contribution in [0.3, 0.4) is 0 Å². The van der Waals surface area contributed by atoms with E-state index in [2.05, 4.69) is 34.2 Å². The largest absolute Gasteiger partial charge is 0.375 e. The normalized spacial score (nSPS) is 25.4. The second kappa shape index (κ2) is 11.0. The number of nitrogens with one attached hydrogen (secondary N) is 1. The monoisotopic (exact) mass is 455 g/mol. The highest BCUT2D eigenvalue weighted by Gasteiger charge is 2.27. The molecule has 1 aromatic carbocycles. The van der Waals surface area contributed by atoms with E-state index in [0.717, 1.165) is 56.2 Å². The lowest BCUT2D eigenvalue weighted by Crippen LogP contribution is -2.52. The number of rotatable bonds is 7. The van der Waals surface area contributed by atoms with Crippen LogP contribution in [0.5, 0.6) is 0 Å². The van der Waals surface area contributed by atoms with Crippen molar-refractivity contribution in [3.05, 3.63) is 27.7 Å². The highest BCUT2D eigenvalue weighted by Crippen LogP contribution is 2.36. The van der Waals surface area contributed by atoms with Gasteiger partial charge in [-0.15, -0.1) is 0 Å². The molecule has 168 valence electrons. The van der Waals surface area contributed by atoms with E-state index in [-0.39, 0.29) is 12.5 Å². The summed E-state index contributed by atoms with van der Waals surface area (Å²) in [5.74, 6) is 0.766. The standard InChI is InChI=1S/C23H35Cl2N3O2/c1-16-4-9-20(23(25)22(16)24)28-13-12-27(14-17(28)2)11-10-18-5-7-19(8-6-18)26-21(29)15-30-3/h4,9,17-19H,5-8,10-15H2,1-3H3,(H,26,29). The molecule has 1 saturated carbocycles. The molecular formula is C23H35Cl2N3O2. The molecule has 1 aliphatic carbocycles. The number of benzene rings is 1. The maximum atomic E-state index is 11.7. The number of carbonyl (C=O) groups excluding carboxylic acids is 1. The first kappa shape index (κ1) is 23.6. The fourth-order valence-corrected chi connectivity index (χ4v) is 5.29. The van der Waals surface area contributed by atoms with Gasteiger partial charge in [-0.2, -0.15) is 0 Å². The topological polar surface area (TPSA) is 44.8 Å². The van der Waals surface area contributed by atoms with Crippen molar-refractivity contribution in [2.45, 2.75) is 58.0 Å². The lowest BCUT2D eigenvalue weighted by Gasteiger charge is -2.42. The van der Waals surface area contributed by atoms with Crippen LogP contribution < -0.4 is 10.2 Å². The Labute approximate surface area is 191 Å². The number of hydrogen-bond acceptors (Lipinski definition) is 4. The summed E-state index contributed by atoms with van der Waals surface area (Å²) < 4.78 is 4.90. The van der Waals surface area contributed by atoms with Crippen LogP contribution in [0, 0.1) is 12.8 Å². The summed E-state index contributed by atoms with van der Waals surface area (Å²) in [6.45, 7) is 8.62. The molecular weight excluding hydrogens is 421 g/mol. The Hall–Kier alpha value is -1.01. The maximum absolute atomic E-state index is 11.7. The van der Waals surface area contributed by atoms with E-state index in [0.29, 0.717) is 22.1 Å². The quantitative estimate of drug-likeness (QED) is 0.655. The van der Waals surface area contributed by atoms with Crippen LogP contribution in [-0.2, 0) is 9.53 Å². The molecule has 1 saturated heterocycles. The van der Waals surface area contributed by atoms with Crippen molar-refractivity contribution in [1.29, 1.82) is 0 Å². The Morgan fingerprint density at radius 1 is 1.17 bits per heavy atom. The van der Waals surface area contributed by atoms with Crippen molar-refractivity contribution in [3.8, 4) is 0 Å². The molecule has 1 aromatic rings. The van der Waals surface area contributed by atoms with E-state index < -0.39 is 0 Å². The van der Waals surface area contributed by atoms with Crippen molar-refractivity contribution in [3.63, 3.8) is 0 Å². The zero-order chi connectivity index (χ0) is 21.7. The molecule has 1 N–H and O–H groups in total. The van der Waals surface area contributed by atoms with E-state index in [4.69, 9.17) is 27.9 Å². The van der Waals surface area contributed by atoms with Crippen LogP contribution >= 0.6 is 23.2 Å². The summed E-state index contributed by atoms with van der Waals surface area (Å²) in [5.41, 5.74) is 2.07. The summed E-state index contributed by atoms with van der Waals surface area (Å²) in [5, 5.41) is 4.42. The number of ether oxygens (including phenoxy) is 1. The van der Waals surface area contributed by atoms with Crippen LogP contribution in [0.1, 0.15) is 44.6 Å². The lowest BCUT2D eigenvalue weighted by atomic mass is 9.84. The number of aryl methyl sites for hydroxylation is 1. The van der Waals surface area contributed by atoms with Crippen molar-refractivity contribution in [2.75, 3.05) is 44.8 Å². The Balaban J connectivity index is 1.42. The molecule has 0 spiro atoms. The van der Waals surface area contributed by atoms with Gasteiger partial charge in [-0.3, -0.25) is 9.69 Å². The summed E-state index contributed by atoms with van der Waals surface area (Å²) in [4.78, 5) is 16.6. The van der Waals surface area contributed by atoms with Crippen LogP contribution in [0.25, 0.3) is 0 Å². The molecule has 1 heterocycles. The first-order valence-electron chi connectivity index (χ1n) is 11.1. The number of methoxy groups -OCH3 is 1. The van der Waals surface area contributed by atoms with E-state index in [1.54, 1.807) is 7.11 Å². The van der Waals surface area contributed by atoms with Gasteiger partial charge >= 0.3 is 0 Å². The minimum atomic E-state index is 0.00257. The average molecular weight is 456 g/mol. The van der Waals surface area contributed by atoms with E-state index in [1.165, 1.54) is 19.3 Å². The highest BCUT2D eigenvalue weighted by atomic mass is 35.5. The van der Waals surface area contributed by atoms with Crippen molar-refractivity contribution in [2.24, 2.45) is 5.92 Å². The molecule has 1 amide bonds. The minimum Gasteiger partial charge on any atom is -0.375 e. The van der Waals surface area contributed by atoms with Crippen molar-refractivity contribution in [1.82, 2.24) is 10.2 Å². The second-order valence-electron chi connectivity index (χ2n) is 8.88. The van der Waals surface area contributed by atoms with Gasteiger partial charge in [-0.1, -0.05) is 29.3 Å². The second-order valence-corrected chi connectivity index (χ2v) is 9.64.